The number of nitrogens with one attached hydrogen (secondary N) is 1. The lowest BCUT2D eigenvalue weighted by Crippen LogP contribution is -2.45. The molecule has 0 aliphatic heterocycles. The number of unbranched alkanes of at least 4 members (excludes halogenated alkanes) is 8. The third-order valence-corrected chi connectivity index (χ3v) is 11.4. The second-order valence-corrected chi connectivity index (χ2v) is 19.5. The van der Waals surface area contributed by atoms with Crippen LogP contribution in [0, 0.1) is 0 Å². The number of allylic oxidation sites excluding steroid dienone is 25. The first kappa shape index (κ1) is 65.1. The number of hydrogen-bond acceptors (Lipinski definition) is 6. The van der Waals surface area contributed by atoms with Gasteiger partial charge in [0.25, 0.3) is 7.82 Å². The predicted molar refractivity (Wildman–Crippen MR) is 297 cm³/mol. The van der Waals surface area contributed by atoms with Crippen molar-refractivity contribution in [3.63, 3.8) is 0 Å². The number of nitrogens with zero attached hydrogens (tertiary/aromatic N) is 1. The molecule has 2 N–H and O–H groups in total. The third-order valence-electron chi connectivity index (χ3n) is 10.5. The van der Waals surface area contributed by atoms with Gasteiger partial charge in [0.2, 0.25) is 5.91 Å². The van der Waals surface area contributed by atoms with Crippen LogP contribution in [0.15, 0.2) is 158 Å². The fourth-order valence-electron chi connectivity index (χ4n) is 6.33. The van der Waals surface area contributed by atoms with Gasteiger partial charge in [-0.25, -0.2) is 0 Å². The lowest BCUT2D eigenvalue weighted by molar-refractivity contribution is -0.870. The Morgan fingerprint density at radius 3 is 1.35 bits per heavy atom. The van der Waals surface area contributed by atoms with Crippen LogP contribution in [0.25, 0.3) is 0 Å². The molecule has 0 radical (unpaired) electrons. The van der Waals surface area contributed by atoms with Crippen molar-refractivity contribution >= 4 is 13.7 Å². The maximum atomic E-state index is 12.8. The number of hydrogen-bond donors (Lipinski definition) is 2. The molecule has 0 aromatic carbocycles. The van der Waals surface area contributed by atoms with E-state index in [0.29, 0.717) is 17.4 Å². The Labute approximate surface area is 422 Å². The molecule has 0 aliphatic carbocycles. The van der Waals surface area contributed by atoms with Crippen LogP contribution in [0.4, 0.5) is 0 Å². The second kappa shape index (κ2) is 49.1. The second-order valence-electron chi connectivity index (χ2n) is 18.1. The quantitative estimate of drug-likeness (QED) is 0.0272. The van der Waals surface area contributed by atoms with Crippen LogP contribution in [0.2, 0.25) is 0 Å². The zero-order chi connectivity index (χ0) is 50.6. The van der Waals surface area contributed by atoms with Crippen molar-refractivity contribution in [3.05, 3.63) is 158 Å². The average molecular weight is 973 g/mol. The monoisotopic (exact) mass is 973 g/mol. The van der Waals surface area contributed by atoms with E-state index < -0.39 is 26.6 Å². The van der Waals surface area contributed by atoms with Crippen molar-refractivity contribution in [1.29, 1.82) is 0 Å². The number of likely N-dealkylation sites (N-methyl/N-ethyl adjacent to an activating group) is 1. The number of rotatable bonds is 45. The Kier molecular flexibility index (Phi) is 46.4. The highest BCUT2D eigenvalue weighted by molar-refractivity contribution is 7.45. The summed E-state index contributed by atoms with van der Waals surface area (Å²) in [5, 5.41) is 13.7. The molecule has 1 amide bonds. The predicted octanol–water partition coefficient (Wildman–Crippen LogP) is 15.3. The van der Waals surface area contributed by atoms with Crippen LogP contribution >= 0.6 is 7.82 Å². The van der Waals surface area contributed by atoms with Gasteiger partial charge in [0, 0.05) is 6.42 Å². The van der Waals surface area contributed by atoms with Gasteiger partial charge < -0.3 is 28.8 Å². The Balaban J connectivity index is 4.13. The molecule has 0 heterocycles. The van der Waals surface area contributed by atoms with Crippen molar-refractivity contribution in [3.8, 4) is 0 Å². The number of aliphatic hydroxyl groups is 1. The molecule has 0 rings (SSSR count). The minimum Gasteiger partial charge on any atom is -0.756 e. The van der Waals surface area contributed by atoms with Crippen LogP contribution in [0.5, 0.6) is 0 Å². The van der Waals surface area contributed by atoms with Crippen LogP contribution < -0.4 is 10.2 Å². The van der Waals surface area contributed by atoms with Crippen LogP contribution in [0.3, 0.4) is 0 Å². The minimum atomic E-state index is -4.61. The van der Waals surface area contributed by atoms with Crippen molar-refractivity contribution in [2.24, 2.45) is 0 Å². The Bertz CT molecular complexity index is 1670. The molecule has 0 aliphatic rings. The number of amides is 1. The van der Waals surface area contributed by atoms with E-state index in [1.165, 1.54) is 0 Å². The third kappa shape index (κ3) is 51.8. The minimum absolute atomic E-state index is 0.0199. The molecule has 0 saturated heterocycles. The first-order valence-corrected chi connectivity index (χ1v) is 27.8. The number of aliphatic hydroxyl groups excluding tert-OH is 1. The molecular formula is C60H97N2O6P. The smallest absolute Gasteiger partial charge is 0.268 e. The van der Waals surface area contributed by atoms with Gasteiger partial charge in [0.15, 0.2) is 0 Å². The molecule has 3 atom stereocenters. The summed E-state index contributed by atoms with van der Waals surface area (Å²) < 4.78 is 23.1. The van der Waals surface area contributed by atoms with Gasteiger partial charge in [-0.2, -0.15) is 0 Å². The highest BCUT2D eigenvalue weighted by Crippen LogP contribution is 2.38. The summed E-state index contributed by atoms with van der Waals surface area (Å²) in [6.45, 7) is 4.37. The largest absolute Gasteiger partial charge is 0.756 e. The Morgan fingerprint density at radius 1 is 0.522 bits per heavy atom. The van der Waals surface area contributed by atoms with Gasteiger partial charge in [-0.1, -0.05) is 204 Å². The van der Waals surface area contributed by atoms with E-state index in [0.717, 1.165) is 141 Å². The molecule has 388 valence electrons. The molecular weight excluding hydrogens is 876 g/mol. The topological polar surface area (TPSA) is 108 Å². The van der Waals surface area contributed by atoms with Crippen molar-refractivity contribution in [2.75, 3.05) is 40.9 Å². The molecule has 0 aromatic heterocycles. The molecule has 69 heavy (non-hydrogen) atoms. The fourth-order valence-corrected chi connectivity index (χ4v) is 7.06. The van der Waals surface area contributed by atoms with Crippen LogP contribution in [0.1, 0.15) is 162 Å². The standard InChI is InChI=1S/C60H97N2O6P/c1-6-8-10-12-14-16-17-18-19-20-21-22-23-24-25-26-27-28-29-30-31-32-33-34-35-36-37-38-39-40-41-42-43-44-45-46-48-50-52-54-60(64)61-58(57-68-69(65,66)67-56-55-62(3,4)5)59(63)53-51-49-47-15-13-11-9-7-2/h8,10,13-16,18-19,21-22,24-25,27-28,30-31,33-34,36-37,39-40,42-43,51,53,58-59,63H,6-7,9,11-12,17,20,23,26,29,32,35,38,41,44-50,52,54-57H2,1-5H3,(H-,61,64,65,66)/b10-8-,15-13+,16-14-,19-18-,22-21-,25-24-,28-27-,31-30-,34-33-,37-36-,40-39-,43-42-,53-51+. The van der Waals surface area contributed by atoms with Gasteiger partial charge in [-0.05, 0) is 109 Å². The molecule has 0 aromatic rings. The number of carbonyl (C=O) groups excluding carboxylic acids is 1. The van der Waals surface area contributed by atoms with E-state index in [9.17, 15) is 19.4 Å². The maximum absolute atomic E-state index is 12.8. The molecule has 8 nitrogen and oxygen atoms in total. The molecule has 0 bridgehead atoms. The molecule has 3 unspecified atom stereocenters. The van der Waals surface area contributed by atoms with Crippen LogP contribution in [-0.2, 0) is 18.4 Å². The zero-order valence-corrected chi connectivity index (χ0v) is 44.8. The summed E-state index contributed by atoms with van der Waals surface area (Å²) in [5.74, 6) is -0.239. The summed E-state index contributed by atoms with van der Waals surface area (Å²) in [6.07, 6.45) is 77.7. The highest BCUT2D eigenvalue weighted by atomic mass is 31.2. The molecule has 0 fully saturated rings. The first-order valence-electron chi connectivity index (χ1n) is 26.3. The number of phosphoric acid groups is 1. The van der Waals surface area contributed by atoms with Crippen LogP contribution in [-0.4, -0.2) is 68.5 Å². The molecule has 0 spiro atoms. The Hall–Kier alpha value is -3.88. The highest BCUT2D eigenvalue weighted by Gasteiger charge is 2.23. The van der Waals surface area contributed by atoms with Crippen molar-refractivity contribution in [2.45, 2.75) is 174 Å². The first-order chi connectivity index (χ1) is 33.5. The van der Waals surface area contributed by atoms with Crippen molar-refractivity contribution < 1.29 is 32.9 Å². The van der Waals surface area contributed by atoms with E-state index in [2.05, 4.69) is 165 Å². The van der Waals surface area contributed by atoms with Gasteiger partial charge >= 0.3 is 0 Å². The van der Waals surface area contributed by atoms with E-state index in [1.54, 1.807) is 6.08 Å². The summed E-state index contributed by atoms with van der Waals surface area (Å²) >= 11 is 0. The van der Waals surface area contributed by atoms with Gasteiger partial charge in [-0.15, -0.1) is 0 Å². The van der Waals surface area contributed by atoms with E-state index in [-0.39, 0.29) is 12.5 Å². The zero-order valence-electron chi connectivity index (χ0n) is 43.9. The molecule has 0 saturated carbocycles. The summed E-state index contributed by atoms with van der Waals surface area (Å²) in [4.78, 5) is 25.3. The molecule has 9 heteroatoms. The maximum Gasteiger partial charge on any atom is 0.268 e. The van der Waals surface area contributed by atoms with E-state index in [4.69, 9.17) is 9.05 Å². The lowest BCUT2D eigenvalue weighted by Gasteiger charge is -2.29. The van der Waals surface area contributed by atoms with Gasteiger partial charge in [0.05, 0.1) is 39.9 Å². The number of quaternary nitrogens is 1. The summed E-state index contributed by atoms with van der Waals surface area (Å²) in [7, 11) is 1.20. The van der Waals surface area contributed by atoms with Gasteiger partial charge in [-0.3, -0.25) is 9.36 Å². The SMILES string of the molecule is CC/C=C\C/C=C\C/C=C\C/C=C\C/C=C\C/C=C\C/C=C\C/C=C\C/C=C\C/C=C\C/C=C\CCCCCCCC(=O)NC(COP(=O)([O-])OCC[N+](C)(C)C)C(O)/C=C/CC/C=C/CCCC. The number of carbonyl (C=O) groups is 1. The van der Waals surface area contributed by atoms with Gasteiger partial charge in [0.1, 0.15) is 13.2 Å². The van der Waals surface area contributed by atoms with E-state index in [1.807, 2.05) is 27.2 Å². The van der Waals surface area contributed by atoms with Crippen molar-refractivity contribution in [1.82, 2.24) is 5.32 Å². The summed E-state index contributed by atoms with van der Waals surface area (Å²) in [6, 6.07) is -0.923. The lowest BCUT2D eigenvalue weighted by atomic mass is 10.1. The van der Waals surface area contributed by atoms with E-state index >= 15 is 0 Å². The summed E-state index contributed by atoms with van der Waals surface area (Å²) in [5.41, 5.74) is 0. The average Bonchev–Trinajstić information content (AvgIpc) is 3.31. The fraction of sp³-hybridized carbons (Fsp3) is 0.550. The normalized spacial score (nSPS) is 15.3. The Morgan fingerprint density at radius 2 is 0.899 bits per heavy atom. The number of phosphoric ester groups is 1.